The first-order valence-electron chi connectivity index (χ1n) is 10.8. The van der Waals surface area contributed by atoms with Crippen molar-refractivity contribution in [2.24, 2.45) is 0 Å². The van der Waals surface area contributed by atoms with Gasteiger partial charge in [0.05, 0.1) is 0 Å². The minimum Gasteiger partial charge on any atom is -0.354 e. The van der Waals surface area contributed by atoms with Crippen LogP contribution < -0.4 is 4.90 Å². The van der Waals surface area contributed by atoms with Crippen LogP contribution in [-0.4, -0.2) is 57.7 Å². The number of nitriles is 1. The number of aromatic nitrogens is 4. The highest BCUT2D eigenvalue weighted by atomic mass is 15.4. The van der Waals surface area contributed by atoms with Gasteiger partial charge in [-0.05, 0) is 50.7 Å². The normalized spacial score (nSPS) is 16.1. The molecular weight excluding hydrogens is 398 g/mol. The van der Waals surface area contributed by atoms with E-state index in [0.29, 0.717) is 23.1 Å². The predicted molar refractivity (Wildman–Crippen MR) is 125 cm³/mol. The van der Waals surface area contributed by atoms with Crippen LogP contribution in [0.5, 0.6) is 0 Å². The van der Waals surface area contributed by atoms with E-state index in [1.54, 1.807) is 12.4 Å². The lowest BCUT2D eigenvalue weighted by Crippen LogP contribution is -2.32. The molecule has 1 fully saturated rings. The summed E-state index contributed by atoms with van der Waals surface area (Å²) in [5, 5.41) is 15.0. The number of rotatable bonds is 4. The number of fused-ring (bicyclic) bond motifs is 1. The van der Waals surface area contributed by atoms with Crippen LogP contribution in [0.4, 0.5) is 5.82 Å². The summed E-state index contributed by atoms with van der Waals surface area (Å²) in [4.78, 5) is 13.6. The highest BCUT2D eigenvalue weighted by molar-refractivity contribution is 5.85. The first-order valence-corrected chi connectivity index (χ1v) is 10.8. The van der Waals surface area contributed by atoms with Crippen molar-refractivity contribution < 1.29 is 0 Å². The molecule has 1 saturated heterocycles. The maximum atomic E-state index is 10.1. The second-order valence-corrected chi connectivity index (χ2v) is 8.44. The molecule has 4 heterocycles. The van der Waals surface area contributed by atoms with E-state index in [4.69, 9.17) is 10.1 Å². The number of pyridine rings is 2. The van der Waals surface area contributed by atoms with Crippen molar-refractivity contribution in [2.45, 2.75) is 19.4 Å². The van der Waals surface area contributed by atoms with E-state index >= 15 is 0 Å². The summed E-state index contributed by atoms with van der Waals surface area (Å²) >= 11 is 0. The molecular formula is C25H25N7. The monoisotopic (exact) mass is 423 g/mol. The Morgan fingerprint density at radius 2 is 1.81 bits per heavy atom. The van der Waals surface area contributed by atoms with Crippen molar-refractivity contribution in [1.29, 1.82) is 5.26 Å². The fourth-order valence-corrected chi connectivity index (χ4v) is 4.54. The first kappa shape index (κ1) is 20.2. The number of anilines is 1. The van der Waals surface area contributed by atoms with E-state index in [0.717, 1.165) is 47.6 Å². The highest BCUT2D eigenvalue weighted by Crippen LogP contribution is 2.39. The third-order valence-electron chi connectivity index (χ3n) is 6.31. The number of nitrogens with zero attached hydrogens (tertiary/aromatic N) is 7. The molecule has 1 aliphatic rings. The highest BCUT2D eigenvalue weighted by Gasteiger charge is 2.31. The van der Waals surface area contributed by atoms with Crippen LogP contribution in [0.1, 0.15) is 17.5 Å². The molecule has 5 rings (SSSR count). The van der Waals surface area contributed by atoms with Crippen molar-refractivity contribution in [2.75, 3.05) is 32.1 Å². The van der Waals surface area contributed by atoms with Crippen LogP contribution in [0.3, 0.4) is 0 Å². The zero-order valence-corrected chi connectivity index (χ0v) is 18.5. The van der Waals surface area contributed by atoms with Gasteiger partial charge in [-0.25, -0.2) is 4.98 Å². The Kier molecular flexibility index (Phi) is 5.08. The van der Waals surface area contributed by atoms with Gasteiger partial charge in [-0.2, -0.15) is 9.78 Å². The van der Waals surface area contributed by atoms with Gasteiger partial charge in [0.2, 0.25) is 0 Å². The number of likely N-dealkylation sites (N-methyl/N-ethyl adjacent to an activating group) is 1. The summed E-state index contributed by atoms with van der Waals surface area (Å²) in [6, 6.07) is 16.9. The van der Waals surface area contributed by atoms with Gasteiger partial charge in [0.15, 0.2) is 11.5 Å². The lowest BCUT2D eigenvalue weighted by molar-refractivity contribution is 0.315. The summed E-state index contributed by atoms with van der Waals surface area (Å²) in [5.41, 5.74) is 5.09. The van der Waals surface area contributed by atoms with Gasteiger partial charge in [-0.3, -0.25) is 4.98 Å². The molecule has 0 amide bonds. The summed E-state index contributed by atoms with van der Waals surface area (Å²) in [6.45, 7) is 3.84. The average molecular weight is 424 g/mol. The van der Waals surface area contributed by atoms with Crippen LogP contribution in [0.25, 0.3) is 28.2 Å². The Labute approximate surface area is 187 Å². The molecule has 32 heavy (non-hydrogen) atoms. The van der Waals surface area contributed by atoms with Gasteiger partial charge in [0.25, 0.3) is 0 Å². The average Bonchev–Trinajstić information content (AvgIpc) is 3.48. The molecule has 1 aliphatic heterocycles. The van der Waals surface area contributed by atoms with E-state index < -0.39 is 0 Å². The van der Waals surface area contributed by atoms with E-state index in [-0.39, 0.29) is 0 Å². The maximum Gasteiger partial charge on any atom is 0.182 e. The van der Waals surface area contributed by atoms with E-state index in [9.17, 15) is 5.26 Å². The molecule has 0 bridgehead atoms. The summed E-state index contributed by atoms with van der Waals surface area (Å²) in [6.07, 6.45) is 4.54. The fourth-order valence-electron chi connectivity index (χ4n) is 4.54. The molecule has 7 heteroatoms. The van der Waals surface area contributed by atoms with Gasteiger partial charge >= 0.3 is 0 Å². The maximum absolute atomic E-state index is 10.1. The molecule has 3 aromatic heterocycles. The Morgan fingerprint density at radius 3 is 2.47 bits per heavy atom. The van der Waals surface area contributed by atoms with Crippen LogP contribution in [0, 0.1) is 18.3 Å². The van der Waals surface area contributed by atoms with Crippen molar-refractivity contribution in [3.05, 3.63) is 66.0 Å². The summed E-state index contributed by atoms with van der Waals surface area (Å²) in [5.74, 6) is 1.60. The third kappa shape index (κ3) is 3.29. The topological polar surface area (TPSA) is 73.3 Å². The Hall–Kier alpha value is -3.76. The third-order valence-corrected chi connectivity index (χ3v) is 6.31. The number of benzene rings is 1. The standard InChI is InChI=1S/C25H25N7/c1-17-21(15-26)24-28-23(19-9-12-27-13-10-19)29-32(24)25(22(17)18-7-5-4-6-8-18)31-14-11-20(16-31)30(2)3/h4-10,12-13,20H,11,14,16H2,1-3H3/t20-/m0/s1. The SMILES string of the molecule is Cc1c(-c2ccccc2)c(N2CC[C@H](N(C)C)C2)n2nc(-c3ccncc3)nc2c1C#N. The zero-order valence-electron chi connectivity index (χ0n) is 18.5. The Bertz CT molecular complexity index is 1300. The van der Waals surface area contributed by atoms with Gasteiger partial charge in [0, 0.05) is 42.7 Å². The summed E-state index contributed by atoms with van der Waals surface area (Å²) in [7, 11) is 4.26. The zero-order chi connectivity index (χ0) is 22.2. The van der Waals surface area contributed by atoms with Crippen molar-refractivity contribution >= 4 is 11.5 Å². The minimum atomic E-state index is 0.466. The molecule has 0 spiro atoms. The number of hydrogen-bond donors (Lipinski definition) is 0. The second kappa shape index (κ2) is 8.06. The van der Waals surface area contributed by atoms with Gasteiger partial charge in [-0.15, -0.1) is 5.10 Å². The molecule has 160 valence electrons. The van der Waals surface area contributed by atoms with Crippen molar-refractivity contribution in [3.63, 3.8) is 0 Å². The first-order chi connectivity index (χ1) is 15.6. The molecule has 0 radical (unpaired) electrons. The van der Waals surface area contributed by atoms with Crippen LogP contribution in [0.15, 0.2) is 54.9 Å². The van der Waals surface area contributed by atoms with Gasteiger partial charge in [-0.1, -0.05) is 30.3 Å². The van der Waals surface area contributed by atoms with Crippen LogP contribution in [-0.2, 0) is 0 Å². The van der Waals surface area contributed by atoms with E-state index in [1.165, 1.54) is 0 Å². The van der Waals surface area contributed by atoms with Crippen molar-refractivity contribution in [1.82, 2.24) is 24.5 Å². The smallest absolute Gasteiger partial charge is 0.182 e. The molecule has 0 saturated carbocycles. The predicted octanol–water partition coefficient (Wildman–Crippen LogP) is 3.78. The lowest BCUT2D eigenvalue weighted by Gasteiger charge is -2.26. The molecule has 4 aromatic rings. The Morgan fingerprint density at radius 1 is 1.06 bits per heavy atom. The van der Waals surface area contributed by atoms with E-state index in [1.807, 2.05) is 41.8 Å². The molecule has 7 nitrogen and oxygen atoms in total. The molecule has 1 atom stereocenters. The lowest BCUT2D eigenvalue weighted by atomic mass is 9.97. The minimum absolute atomic E-state index is 0.466. The van der Waals surface area contributed by atoms with Gasteiger partial charge < -0.3 is 9.80 Å². The number of hydrogen-bond acceptors (Lipinski definition) is 6. The molecule has 0 unspecified atom stereocenters. The molecule has 0 N–H and O–H groups in total. The van der Waals surface area contributed by atoms with Gasteiger partial charge in [0.1, 0.15) is 17.5 Å². The summed E-state index contributed by atoms with van der Waals surface area (Å²) < 4.78 is 1.88. The second-order valence-electron chi connectivity index (χ2n) is 8.44. The largest absolute Gasteiger partial charge is 0.354 e. The van der Waals surface area contributed by atoms with Crippen molar-refractivity contribution in [3.8, 4) is 28.6 Å². The molecule has 1 aromatic carbocycles. The quantitative estimate of drug-likeness (QED) is 0.497. The molecule has 0 aliphatic carbocycles. The Balaban J connectivity index is 1.81. The fraction of sp³-hybridized carbons (Fsp3) is 0.280. The van der Waals surface area contributed by atoms with Crippen LogP contribution >= 0.6 is 0 Å². The van der Waals surface area contributed by atoms with E-state index in [2.05, 4.69) is 47.1 Å². The van der Waals surface area contributed by atoms with Crippen LogP contribution in [0.2, 0.25) is 0 Å².